The van der Waals surface area contributed by atoms with Crippen LogP contribution in [0.3, 0.4) is 0 Å². The molecule has 0 bridgehead atoms. The molecule has 1 fully saturated rings. The summed E-state index contributed by atoms with van der Waals surface area (Å²) in [5, 5.41) is 13.1. The fraction of sp³-hybridized carbons (Fsp3) is 0.286. The lowest BCUT2D eigenvalue weighted by molar-refractivity contribution is -0.114. The minimum atomic E-state index is -0.0976. The van der Waals surface area contributed by atoms with Gasteiger partial charge in [0.25, 0.3) is 0 Å². The van der Waals surface area contributed by atoms with Gasteiger partial charge in [0.2, 0.25) is 5.91 Å². The van der Waals surface area contributed by atoms with E-state index in [0.717, 1.165) is 35.2 Å². The summed E-state index contributed by atoms with van der Waals surface area (Å²) >= 11 is 7.72. The molecule has 0 aliphatic heterocycles. The molecule has 150 valence electrons. The molecular formula is C21H21ClN4O2S. The molecule has 1 saturated carbocycles. The van der Waals surface area contributed by atoms with Crippen molar-refractivity contribution in [2.24, 2.45) is 0 Å². The predicted octanol–water partition coefficient (Wildman–Crippen LogP) is 4.93. The molecular weight excluding hydrogens is 408 g/mol. The summed E-state index contributed by atoms with van der Waals surface area (Å²) in [5.74, 6) is 2.71. The lowest BCUT2D eigenvalue weighted by Gasteiger charge is -2.12. The van der Waals surface area contributed by atoms with Crippen molar-refractivity contribution >= 4 is 35.0 Å². The maximum atomic E-state index is 11.4. The second-order valence-electron chi connectivity index (χ2n) is 6.81. The predicted molar refractivity (Wildman–Crippen MR) is 115 cm³/mol. The first-order valence-corrected chi connectivity index (χ1v) is 10.8. The first-order valence-electron chi connectivity index (χ1n) is 9.45. The number of ether oxygens (including phenoxy) is 1. The Morgan fingerprint density at radius 1 is 1.24 bits per heavy atom. The maximum Gasteiger partial charge on any atom is 0.221 e. The highest BCUT2D eigenvalue weighted by molar-refractivity contribution is 7.99. The highest BCUT2D eigenvalue weighted by Gasteiger charge is 2.31. The molecule has 0 atom stereocenters. The fourth-order valence-corrected chi connectivity index (χ4v) is 3.96. The number of carbonyl (C=O) groups excluding carboxylic acids is 1. The van der Waals surface area contributed by atoms with Crippen molar-refractivity contribution in [1.82, 2.24) is 14.8 Å². The summed E-state index contributed by atoms with van der Waals surface area (Å²) in [5.41, 5.74) is 1.70. The molecule has 0 spiro atoms. The Bertz CT molecular complexity index is 1020. The summed E-state index contributed by atoms with van der Waals surface area (Å²) in [6, 6.07) is 15.2. The van der Waals surface area contributed by atoms with Gasteiger partial charge >= 0.3 is 0 Å². The van der Waals surface area contributed by atoms with E-state index < -0.39 is 0 Å². The number of para-hydroxylation sites is 1. The molecule has 4 rings (SSSR count). The van der Waals surface area contributed by atoms with E-state index in [1.54, 1.807) is 11.8 Å². The number of thioether (sulfide) groups is 1. The Hall–Kier alpha value is -2.51. The standard InChI is InChI=1S/C21H21ClN4O2S/c1-14(27)23-16-5-4-6-17(13-16)26-20(15-9-10-15)24-25-21(26)29-12-11-28-19-8-3-2-7-18(19)22/h2-8,13,15H,9-12H2,1H3,(H,23,27). The van der Waals surface area contributed by atoms with Crippen LogP contribution in [0.15, 0.2) is 53.7 Å². The van der Waals surface area contributed by atoms with E-state index in [1.165, 1.54) is 6.92 Å². The van der Waals surface area contributed by atoms with Crippen LogP contribution in [-0.2, 0) is 4.79 Å². The zero-order valence-corrected chi connectivity index (χ0v) is 17.5. The van der Waals surface area contributed by atoms with Gasteiger partial charge in [0.05, 0.1) is 17.3 Å². The van der Waals surface area contributed by atoms with E-state index in [2.05, 4.69) is 20.1 Å². The molecule has 6 nitrogen and oxygen atoms in total. The van der Waals surface area contributed by atoms with Crippen molar-refractivity contribution in [1.29, 1.82) is 0 Å². The summed E-state index contributed by atoms with van der Waals surface area (Å²) < 4.78 is 7.86. The minimum Gasteiger partial charge on any atom is -0.491 e. The van der Waals surface area contributed by atoms with Gasteiger partial charge in [0.1, 0.15) is 11.6 Å². The monoisotopic (exact) mass is 428 g/mol. The van der Waals surface area contributed by atoms with Crippen LogP contribution < -0.4 is 10.1 Å². The minimum absolute atomic E-state index is 0.0976. The van der Waals surface area contributed by atoms with Gasteiger partial charge in [-0.3, -0.25) is 9.36 Å². The van der Waals surface area contributed by atoms with Crippen molar-refractivity contribution in [2.45, 2.75) is 30.8 Å². The molecule has 8 heteroatoms. The number of benzene rings is 2. The van der Waals surface area contributed by atoms with Crippen molar-refractivity contribution in [2.75, 3.05) is 17.7 Å². The van der Waals surface area contributed by atoms with Crippen molar-refractivity contribution in [3.05, 3.63) is 59.4 Å². The Kier molecular flexibility index (Phi) is 6.06. The Morgan fingerprint density at radius 2 is 2.07 bits per heavy atom. The molecule has 1 amide bonds. The SMILES string of the molecule is CC(=O)Nc1cccc(-n2c(SCCOc3ccccc3Cl)nnc2C2CC2)c1. The Labute approximate surface area is 178 Å². The third-order valence-corrected chi connectivity index (χ3v) is 5.64. The molecule has 0 radical (unpaired) electrons. The second kappa shape index (κ2) is 8.88. The van der Waals surface area contributed by atoms with E-state index in [4.69, 9.17) is 16.3 Å². The number of halogens is 1. The van der Waals surface area contributed by atoms with Crippen LogP contribution in [-0.4, -0.2) is 33.0 Å². The molecule has 1 heterocycles. The average Bonchev–Trinajstić information content (AvgIpc) is 3.46. The third-order valence-electron chi connectivity index (χ3n) is 4.43. The molecule has 1 aliphatic rings. The lowest BCUT2D eigenvalue weighted by atomic mass is 10.2. The van der Waals surface area contributed by atoms with Gasteiger partial charge in [0, 0.05) is 24.3 Å². The highest BCUT2D eigenvalue weighted by atomic mass is 35.5. The number of anilines is 1. The van der Waals surface area contributed by atoms with Gasteiger partial charge < -0.3 is 10.1 Å². The van der Waals surface area contributed by atoms with Crippen LogP contribution in [0, 0.1) is 0 Å². The Balaban J connectivity index is 1.50. The number of rotatable bonds is 8. The number of nitrogens with one attached hydrogen (secondary N) is 1. The van der Waals surface area contributed by atoms with E-state index in [-0.39, 0.29) is 5.91 Å². The number of hydrogen-bond acceptors (Lipinski definition) is 5. The van der Waals surface area contributed by atoms with Gasteiger partial charge in [-0.2, -0.15) is 0 Å². The fourth-order valence-electron chi connectivity index (χ4n) is 3.00. The van der Waals surface area contributed by atoms with E-state index >= 15 is 0 Å². The molecule has 3 aromatic rings. The van der Waals surface area contributed by atoms with Crippen molar-refractivity contribution in [3.8, 4) is 11.4 Å². The molecule has 1 aliphatic carbocycles. The summed E-state index contributed by atoms with van der Waals surface area (Å²) in [6.45, 7) is 2.01. The van der Waals surface area contributed by atoms with Crippen molar-refractivity contribution in [3.63, 3.8) is 0 Å². The quantitative estimate of drug-likeness (QED) is 0.407. The van der Waals surface area contributed by atoms with E-state index in [0.29, 0.717) is 29.0 Å². The van der Waals surface area contributed by atoms with Crippen molar-refractivity contribution < 1.29 is 9.53 Å². The van der Waals surface area contributed by atoms with E-state index in [9.17, 15) is 4.79 Å². The molecule has 1 N–H and O–H groups in total. The number of hydrogen-bond donors (Lipinski definition) is 1. The lowest BCUT2D eigenvalue weighted by Crippen LogP contribution is -2.08. The molecule has 29 heavy (non-hydrogen) atoms. The molecule has 2 aromatic carbocycles. The van der Waals surface area contributed by atoms with Crippen LogP contribution in [0.2, 0.25) is 5.02 Å². The van der Waals surface area contributed by atoms with E-state index in [1.807, 2.05) is 48.5 Å². The van der Waals surface area contributed by atoms with Gasteiger partial charge in [0.15, 0.2) is 5.16 Å². The zero-order chi connectivity index (χ0) is 20.2. The van der Waals surface area contributed by atoms with Crippen LogP contribution in [0.25, 0.3) is 5.69 Å². The zero-order valence-electron chi connectivity index (χ0n) is 16.0. The van der Waals surface area contributed by atoms with Gasteiger partial charge in [-0.1, -0.05) is 41.6 Å². The average molecular weight is 429 g/mol. The number of amides is 1. The largest absolute Gasteiger partial charge is 0.491 e. The maximum absolute atomic E-state index is 11.4. The summed E-state index contributed by atoms with van der Waals surface area (Å²) in [4.78, 5) is 11.4. The molecule has 0 saturated heterocycles. The number of nitrogens with zero attached hydrogens (tertiary/aromatic N) is 3. The topological polar surface area (TPSA) is 69.0 Å². The van der Waals surface area contributed by atoms with Gasteiger partial charge in [-0.25, -0.2) is 0 Å². The third kappa shape index (κ3) is 4.92. The Morgan fingerprint density at radius 3 is 2.83 bits per heavy atom. The smallest absolute Gasteiger partial charge is 0.221 e. The summed E-state index contributed by atoms with van der Waals surface area (Å²) in [7, 11) is 0. The molecule has 1 aromatic heterocycles. The van der Waals surface area contributed by atoms with Crippen LogP contribution in [0.5, 0.6) is 5.75 Å². The van der Waals surface area contributed by atoms with Gasteiger partial charge in [-0.05, 0) is 43.2 Å². The van der Waals surface area contributed by atoms with Crippen LogP contribution in [0.4, 0.5) is 5.69 Å². The van der Waals surface area contributed by atoms with Crippen LogP contribution >= 0.6 is 23.4 Å². The first-order chi connectivity index (χ1) is 14.1. The summed E-state index contributed by atoms with van der Waals surface area (Å²) in [6.07, 6.45) is 2.26. The normalized spacial score (nSPS) is 13.3. The van der Waals surface area contributed by atoms with Gasteiger partial charge in [-0.15, -0.1) is 10.2 Å². The first kappa shape index (κ1) is 19.8. The molecule has 0 unspecified atom stereocenters. The highest BCUT2D eigenvalue weighted by Crippen LogP contribution is 2.41. The second-order valence-corrected chi connectivity index (χ2v) is 8.28. The van der Waals surface area contributed by atoms with Crippen LogP contribution in [0.1, 0.15) is 31.5 Å². The number of carbonyl (C=O) groups is 1. The number of aromatic nitrogens is 3.